The second-order valence-corrected chi connectivity index (χ2v) is 5.44. The van der Waals surface area contributed by atoms with Crippen molar-refractivity contribution in [3.05, 3.63) is 40.4 Å². The lowest BCUT2D eigenvalue weighted by atomic mass is 10.2. The van der Waals surface area contributed by atoms with Gasteiger partial charge in [-0.05, 0) is 26.0 Å². The summed E-state index contributed by atoms with van der Waals surface area (Å²) in [5, 5.41) is 3.13. The van der Waals surface area contributed by atoms with Crippen LogP contribution in [-0.4, -0.2) is 34.1 Å². The van der Waals surface area contributed by atoms with Crippen LogP contribution >= 0.6 is 0 Å². The van der Waals surface area contributed by atoms with Crippen molar-refractivity contribution >= 4 is 22.8 Å². The van der Waals surface area contributed by atoms with Crippen molar-refractivity contribution in [1.82, 2.24) is 14.9 Å². The molecule has 128 valence electrons. The van der Waals surface area contributed by atoms with E-state index in [1.165, 1.54) is 11.5 Å². The van der Waals surface area contributed by atoms with Crippen LogP contribution in [0.1, 0.15) is 26.1 Å². The minimum absolute atomic E-state index is 0.0440. The topological polar surface area (TPSA) is 90.3 Å². The normalized spacial score (nSPS) is 12.0. The maximum atomic E-state index is 12.3. The molecule has 1 aromatic carbocycles. The molecule has 1 atom stereocenters. The second kappa shape index (κ2) is 7.72. The molecule has 7 nitrogen and oxygen atoms in total. The fourth-order valence-corrected chi connectivity index (χ4v) is 2.33. The Bertz CT molecular complexity index is 813. The maximum absolute atomic E-state index is 12.3. The molecule has 0 unspecified atom stereocenters. The first-order chi connectivity index (χ1) is 11.4. The predicted octanol–water partition coefficient (Wildman–Crippen LogP) is 0.934. The summed E-state index contributed by atoms with van der Waals surface area (Å²) in [4.78, 5) is 40.1. The molecule has 0 aliphatic heterocycles. The Morgan fingerprint density at radius 3 is 2.75 bits per heavy atom. The summed E-state index contributed by atoms with van der Waals surface area (Å²) in [6, 6.07) is 7.07. The highest BCUT2D eigenvalue weighted by atomic mass is 16.5. The second-order valence-electron chi connectivity index (χ2n) is 5.44. The van der Waals surface area contributed by atoms with Crippen molar-refractivity contribution < 1.29 is 14.3 Å². The average molecular weight is 331 g/mol. The van der Waals surface area contributed by atoms with Gasteiger partial charge in [0.2, 0.25) is 0 Å². The first-order valence-corrected chi connectivity index (χ1v) is 7.85. The Morgan fingerprint density at radius 2 is 2.04 bits per heavy atom. The minimum Gasteiger partial charge on any atom is -0.453 e. The summed E-state index contributed by atoms with van der Waals surface area (Å²) >= 11 is 0. The standard InChI is InChI=1S/C17H21N3O4/c1-4-18-16(22)11(2)24-15(21)10-9-14-19-13-8-6-5-7-12(13)17(23)20(14)3/h5-8,11H,4,9-10H2,1-3H3,(H,18,22)/t11-/m1/s1. The number of benzene rings is 1. The molecule has 0 fully saturated rings. The van der Waals surface area contributed by atoms with E-state index in [0.717, 1.165) is 0 Å². The first-order valence-electron chi connectivity index (χ1n) is 7.85. The number of carbonyl (C=O) groups is 2. The third kappa shape index (κ3) is 3.98. The zero-order valence-electron chi connectivity index (χ0n) is 14.0. The lowest BCUT2D eigenvalue weighted by Crippen LogP contribution is -2.35. The van der Waals surface area contributed by atoms with Gasteiger partial charge in [-0.3, -0.25) is 19.0 Å². The Kier molecular flexibility index (Phi) is 5.68. The molecule has 0 aliphatic carbocycles. The molecule has 0 aliphatic rings. The van der Waals surface area contributed by atoms with Crippen LogP contribution in [0.4, 0.5) is 0 Å². The number of para-hydroxylation sites is 1. The van der Waals surface area contributed by atoms with Crippen LogP contribution < -0.4 is 10.9 Å². The van der Waals surface area contributed by atoms with Gasteiger partial charge in [-0.15, -0.1) is 0 Å². The van der Waals surface area contributed by atoms with Crippen LogP contribution in [0.5, 0.6) is 0 Å². The molecule has 2 aromatic rings. The monoisotopic (exact) mass is 331 g/mol. The fraction of sp³-hybridized carbons (Fsp3) is 0.412. The molecule has 24 heavy (non-hydrogen) atoms. The molecular weight excluding hydrogens is 310 g/mol. The van der Waals surface area contributed by atoms with Crippen LogP contribution in [0.25, 0.3) is 10.9 Å². The number of amides is 1. The molecule has 0 saturated carbocycles. The summed E-state index contributed by atoms with van der Waals surface area (Å²) in [6.07, 6.45) is -0.536. The quantitative estimate of drug-likeness (QED) is 0.796. The number of ether oxygens (including phenoxy) is 1. The number of fused-ring (bicyclic) bond motifs is 1. The van der Waals surface area contributed by atoms with Crippen molar-refractivity contribution in [3.63, 3.8) is 0 Å². The third-order valence-corrected chi connectivity index (χ3v) is 3.66. The largest absolute Gasteiger partial charge is 0.453 e. The number of nitrogens with one attached hydrogen (secondary N) is 1. The molecular formula is C17H21N3O4. The highest BCUT2D eigenvalue weighted by Gasteiger charge is 2.17. The summed E-state index contributed by atoms with van der Waals surface area (Å²) < 4.78 is 6.51. The zero-order valence-corrected chi connectivity index (χ0v) is 14.0. The molecule has 0 radical (unpaired) electrons. The summed E-state index contributed by atoms with van der Waals surface area (Å²) in [5.74, 6) is -0.334. The van der Waals surface area contributed by atoms with E-state index in [-0.39, 0.29) is 24.3 Å². The summed E-state index contributed by atoms with van der Waals surface area (Å²) in [7, 11) is 1.62. The van der Waals surface area contributed by atoms with Gasteiger partial charge in [-0.25, -0.2) is 4.98 Å². The van der Waals surface area contributed by atoms with E-state index < -0.39 is 12.1 Å². The molecule has 0 saturated heterocycles. The fourth-order valence-electron chi connectivity index (χ4n) is 2.33. The number of hydrogen-bond donors (Lipinski definition) is 1. The van der Waals surface area contributed by atoms with Crippen molar-refractivity contribution in [2.45, 2.75) is 32.8 Å². The van der Waals surface area contributed by atoms with Gasteiger partial charge in [0, 0.05) is 20.0 Å². The van der Waals surface area contributed by atoms with Crippen LogP contribution in [0.15, 0.2) is 29.1 Å². The van der Waals surface area contributed by atoms with E-state index in [9.17, 15) is 14.4 Å². The van der Waals surface area contributed by atoms with E-state index in [0.29, 0.717) is 23.3 Å². The number of carbonyl (C=O) groups excluding carboxylic acids is 2. The highest BCUT2D eigenvalue weighted by molar-refractivity contribution is 5.83. The van der Waals surface area contributed by atoms with Crippen molar-refractivity contribution in [2.24, 2.45) is 7.05 Å². The van der Waals surface area contributed by atoms with Crippen molar-refractivity contribution in [2.75, 3.05) is 6.54 Å². The van der Waals surface area contributed by atoms with Gasteiger partial charge in [0.1, 0.15) is 5.82 Å². The predicted molar refractivity (Wildman–Crippen MR) is 89.5 cm³/mol. The highest BCUT2D eigenvalue weighted by Crippen LogP contribution is 2.09. The van der Waals surface area contributed by atoms with Crippen molar-refractivity contribution in [1.29, 1.82) is 0 Å². The lowest BCUT2D eigenvalue weighted by molar-refractivity contribution is -0.154. The van der Waals surface area contributed by atoms with E-state index in [1.54, 1.807) is 38.2 Å². The number of nitrogens with zero attached hydrogens (tertiary/aromatic N) is 2. The number of rotatable bonds is 6. The average Bonchev–Trinajstić information content (AvgIpc) is 2.57. The zero-order chi connectivity index (χ0) is 17.7. The smallest absolute Gasteiger partial charge is 0.307 e. The van der Waals surface area contributed by atoms with Gasteiger partial charge in [0.15, 0.2) is 6.10 Å². The van der Waals surface area contributed by atoms with E-state index >= 15 is 0 Å². The van der Waals surface area contributed by atoms with Crippen LogP contribution in [0, 0.1) is 0 Å². The van der Waals surface area contributed by atoms with Gasteiger partial charge in [0.25, 0.3) is 11.5 Å². The third-order valence-electron chi connectivity index (χ3n) is 3.66. The van der Waals surface area contributed by atoms with Gasteiger partial charge in [-0.2, -0.15) is 0 Å². The summed E-state index contributed by atoms with van der Waals surface area (Å²) in [5.41, 5.74) is 0.444. The molecule has 1 amide bonds. The van der Waals surface area contributed by atoms with Crippen LogP contribution in [0.2, 0.25) is 0 Å². The number of aryl methyl sites for hydroxylation is 1. The molecule has 1 heterocycles. The van der Waals surface area contributed by atoms with E-state index in [2.05, 4.69) is 10.3 Å². The minimum atomic E-state index is -0.842. The number of hydrogen-bond acceptors (Lipinski definition) is 5. The summed E-state index contributed by atoms with van der Waals surface area (Å²) in [6.45, 7) is 3.79. The molecule has 7 heteroatoms. The Balaban J connectivity index is 2.05. The molecule has 1 aromatic heterocycles. The Hall–Kier alpha value is -2.70. The SMILES string of the molecule is CCNC(=O)[C@@H](C)OC(=O)CCc1nc2ccccc2c(=O)n1C. The van der Waals surface area contributed by atoms with E-state index in [4.69, 9.17) is 4.74 Å². The maximum Gasteiger partial charge on any atom is 0.307 e. The van der Waals surface area contributed by atoms with Crippen molar-refractivity contribution in [3.8, 4) is 0 Å². The van der Waals surface area contributed by atoms with E-state index in [1.807, 2.05) is 0 Å². The van der Waals surface area contributed by atoms with Gasteiger partial charge in [-0.1, -0.05) is 12.1 Å². The number of esters is 1. The van der Waals surface area contributed by atoms with Crippen LogP contribution in [-0.2, 0) is 27.8 Å². The molecule has 0 spiro atoms. The first kappa shape index (κ1) is 17.7. The lowest BCUT2D eigenvalue weighted by Gasteiger charge is -2.13. The Morgan fingerprint density at radius 1 is 1.33 bits per heavy atom. The van der Waals surface area contributed by atoms with Gasteiger partial charge >= 0.3 is 5.97 Å². The van der Waals surface area contributed by atoms with Gasteiger partial charge < -0.3 is 10.1 Å². The molecule has 2 rings (SSSR count). The molecule has 0 bridgehead atoms. The number of likely N-dealkylation sites (N-methyl/N-ethyl adjacent to an activating group) is 1. The molecule has 1 N–H and O–H groups in total. The number of aromatic nitrogens is 2. The Labute approximate surface area is 139 Å². The van der Waals surface area contributed by atoms with Crippen LogP contribution in [0.3, 0.4) is 0 Å². The van der Waals surface area contributed by atoms with Gasteiger partial charge in [0.05, 0.1) is 17.3 Å².